The molecule has 4 nitrogen and oxygen atoms in total. The summed E-state index contributed by atoms with van der Waals surface area (Å²) >= 11 is 0. The van der Waals surface area contributed by atoms with Gasteiger partial charge in [0.05, 0.1) is 12.7 Å². The highest BCUT2D eigenvalue weighted by Gasteiger charge is 2.37. The van der Waals surface area contributed by atoms with Crippen LogP contribution in [-0.2, 0) is 0 Å². The number of amides is 1. The first-order valence-electron chi connectivity index (χ1n) is 6.33. The number of aromatic hydroxyl groups is 1. The molecule has 1 saturated carbocycles. The number of rotatable bonds is 5. The van der Waals surface area contributed by atoms with Gasteiger partial charge in [0.2, 0.25) is 0 Å². The highest BCUT2D eigenvalue weighted by atomic mass is 16.5. The van der Waals surface area contributed by atoms with E-state index in [9.17, 15) is 9.90 Å². The van der Waals surface area contributed by atoms with Gasteiger partial charge in [-0.25, -0.2) is 0 Å². The van der Waals surface area contributed by atoms with Gasteiger partial charge in [-0.1, -0.05) is 13.3 Å². The van der Waals surface area contributed by atoms with E-state index in [-0.39, 0.29) is 17.7 Å². The van der Waals surface area contributed by atoms with E-state index in [1.807, 2.05) is 0 Å². The number of nitrogens with one attached hydrogen (secondary N) is 1. The molecule has 1 fully saturated rings. The van der Waals surface area contributed by atoms with E-state index in [0.29, 0.717) is 17.2 Å². The molecule has 2 rings (SSSR count). The molecule has 2 atom stereocenters. The minimum atomic E-state index is -0.209. The summed E-state index contributed by atoms with van der Waals surface area (Å²) in [5, 5.41) is 12.7. The number of ether oxygens (including phenoxy) is 1. The number of hydrogen-bond donors (Lipinski definition) is 2. The summed E-state index contributed by atoms with van der Waals surface area (Å²) in [6, 6.07) is 4.98. The molecule has 0 radical (unpaired) electrons. The van der Waals surface area contributed by atoms with Crippen LogP contribution in [0.4, 0.5) is 0 Å². The highest BCUT2D eigenvalue weighted by Crippen LogP contribution is 2.35. The van der Waals surface area contributed by atoms with E-state index in [1.54, 1.807) is 12.1 Å². The molecule has 1 aliphatic rings. The predicted octanol–water partition coefficient (Wildman–Crippen LogP) is 2.32. The molecule has 0 aliphatic heterocycles. The molecule has 98 valence electrons. The Kier molecular flexibility index (Phi) is 3.75. The summed E-state index contributed by atoms with van der Waals surface area (Å²) in [7, 11) is 1.52. The van der Waals surface area contributed by atoms with Crippen molar-refractivity contribution in [2.24, 2.45) is 5.92 Å². The number of phenols is 1. The molecular weight excluding hydrogens is 230 g/mol. The van der Waals surface area contributed by atoms with Gasteiger partial charge in [-0.15, -0.1) is 0 Å². The number of carbonyl (C=O) groups is 1. The van der Waals surface area contributed by atoms with Crippen LogP contribution in [0.5, 0.6) is 11.5 Å². The van der Waals surface area contributed by atoms with Crippen molar-refractivity contribution in [2.75, 3.05) is 7.11 Å². The van der Waals surface area contributed by atoms with E-state index in [4.69, 9.17) is 4.74 Å². The molecule has 1 aromatic carbocycles. The van der Waals surface area contributed by atoms with Crippen molar-refractivity contribution in [3.8, 4) is 11.5 Å². The van der Waals surface area contributed by atoms with Crippen LogP contribution in [0.1, 0.15) is 36.5 Å². The van der Waals surface area contributed by atoms with Crippen molar-refractivity contribution in [3.05, 3.63) is 23.8 Å². The molecule has 1 aliphatic carbocycles. The van der Waals surface area contributed by atoms with Gasteiger partial charge in [0, 0.05) is 12.1 Å². The second kappa shape index (κ2) is 5.29. The molecule has 1 amide bonds. The molecule has 2 unspecified atom stereocenters. The van der Waals surface area contributed by atoms with Crippen molar-refractivity contribution < 1.29 is 14.6 Å². The fraction of sp³-hybridized carbons (Fsp3) is 0.500. The van der Waals surface area contributed by atoms with E-state index in [2.05, 4.69) is 12.2 Å². The van der Waals surface area contributed by atoms with Crippen LogP contribution in [0.15, 0.2) is 18.2 Å². The maximum Gasteiger partial charge on any atom is 0.255 e. The lowest BCUT2D eigenvalue weighted by molar-refractivity contribution is 0.0946. The summed E-state index contributed by atoms with van der Waals surface area (Å²) in [6.45, 7) is 2.15. The molecule has 1 aromatic rings. The Hall–Kier alpha value is -1.71. The second-order valence-electron chi connectivity index (χ2n) is 4.75. The SMILES string of the molecule is CCCC1CC1NC(=O)c1ccc(OC)cc1O. The zero-order valence-corrected chi connectivity index (χ0v) is 10.8. The average Bonchev–Trinajstić information content (AvgIpc) is 3.07. The van der Waals surface area contributed by atoms with Crippen LogP contribution >= 0.6 is 0 Å². The lowest BCUT2D eigenvalue weighted by Gasteiger charge is -2.08. The maximum atomic E-state index is 12.0. The molecule has 2 N–H and O–H groups in total. The first-order chi connectivity index (χ1) is 8.65. The van der Waals surface area contributed by atoms with Crippen molar-refractivity contribution in [2.45, 2.75) is 32.2 Å². The van der Waals surface area contributed by atoms with Crippen molar-refractivity contribution in [1.82, 2.24) is 5.32 Å². The minimum absolute atomic E-state index is 0.0421. The lowest BCUT2D eigenvalue weighted by Crippen LogP contribution is -2.26. The first-order valence-corrected chi connectivity index (χ1v) is 6.33. The van der Waals surface area contributed by atoms with E-state index in [0.717, 1.165) is 19.3 Å². The first kappa shape index (κ1) is 12.7. The van der Waals surface area contributed by atoms with Crippen molar-refractivity contribution in [3.63, 3.8) is 0 Å². The van der Waals surface area contributed by atoms with E-state index in [1.165, 1.54) is 13.2 Å². The number of carbonyl (C=O) groups excluding carboxylic acids is 1. The number of benzene rings is 1. The van der Waals surface area contributed by atoms with E-state index < -0.39 is 0 Å². The normalized spacial score (nSPS) is 21.4. The van der Waals surface area contributed by atoms with Gasteiger partial charge in [0.15, 0.2) is 0 Å². The van der Waals surface area contributed by atoms with Crippen LogP contribution in [0, 0.1) is 5.92 Å². The van der Waals surface area contributed by atoms with Crippen LogP contribution in [0.2, 0.25) is 0 Å². The standard InChI is InChI=1S/C14H19NO3/c1-3-4-9-7-12(9)15-14(17)11-6-5-10(18-2)8-13(11)16/h5-6,8-9,12,16H,3-4,7H2,1-2H3,(H,15,17). The fourth-order valence-corrected chi connectivity index (χ4v) is 2.19. The smallest absolute Gasteiger partial charge is 0.255 e. The Labute approximate surface area is 107 Å². The number of phenolic OH excluding ortho intramolecular Hbond substituents is 1. The zero-order valence-electron chi connectivity index (χ0n) is 10.8. The Balaban J connectivity index is 1.97. The lowest BCUT2D eigenvalue weighted by atomic mass is 10.1. The van der Waals surface area contributed by atoms with Gasteiger partial charge in [0.1, 0.15) is 11.5 Å². The van der Waals surface area contributed by atoms with Gasteiger partial charge in [-0.2, -0.15) is 0 Å². The summed E-state index contributed by atoms with van der Waals surface area (Å²) in [4.78, 5) is 12.0. The molecular formula is C14H19NO3. The van der Waals surface area contributed by atoms with Crippen molar-refractivity contribution >= 4 is 5.91 Å². The summed E-state index contributed by atoms with van der Waals surface area (Å²) in [5.74, 6) is 0.900. The van der Waals surface area contributed by atoms with Crippen LogP contribution in [0.3, 0.4) is 0 Å². The average molecular weight is 249 g/mol. The van der Waals surface area contributed by atoms with Crippen LogP contribution < -0.4 is 10.1 Å². The van der Waals surface area contributed by atoms with Gasteiger partial charge < -0.3 is 15.2 Å². The van der Waals surface area contributed by atoms with Crippen LogP contribution in [-0.4, -0.2) is 24.2 Å². The third-order valence-corrected chi connectivity index (χ3v) is 3.35. The molecule has 18 heavy (non-hydrogen) atoms. The van der Waals surface area contributed by atoms with Gasteiger partial charge in [-0.05, 0) is 30.9 Å². The predicted molar refractivity (Wildman–Crippen MR) is 68.9 cm³/mol. The molecule has 0 aromatic heterocycles. The molecule has 0 heterocycles. The summed E-state index contributed by atoms with van der Waals surface area (Å²) in [6.07, 6.45) is 3.35. The Bertz CT molecular complexity index is 445. The molecule has 0 bridgehead atoms. The topological polar surface area (TPSA) is 58.6 Å². The zero-order chi connectivity index (χ0) is 13.1. The maximum absolute atomic E-state index is 12.0. The highest BCUT2D eigenvalue weighted by molar-refractivity contribution is 5.97. The third kappa shape index (κ3) is 2.75. The Morgan fingerprint density at radius 1 is 1.56 bits per heavy atom. The fourth-order valence-electron chi connectivity index (χ4n) is 2.19. The van der Waals surface area contributed by atoms with Gasteiger partial charge in [0.25, 0.3) is 5.91 Å². The largest absolute Gasteiger partial charge is 0.507 e. The third-order valence-electron chi connectivity index (χ3n) is 3.35. The second-order valence-corrected chi connectivity index (χ2v) is 4.75. The quantitative estimate of drug-likeness (QED) is 0.842. The Morgan fingerprint density at radius 2 is 2.33 bits per heavy atom. The van der Waals surface area contributed by atoms with Gasteiger partial charge >= 0.3 is 0 Å². The monoisotopic (exact) mass is 249 g/mol. The molecule has 0 saturated heterocycles. The van der Waals surface area contributed by atoms with Crippen LogP contribution in [0.25, 0.3) is 0 Å². The van der Waals surface area contributed by atoms with Crippen molar-refractivity contribution in [1.29, 1.82) is 0 Å². The number of hydrogen-bond acceptors (Lipinski definition) is 3. The summed E-state index contributed by atoms with van der Waals surface area (Å²) < 4.78 is 4.98. The van der Waals surface area contributed by atoms with E-state index >= 15 is 0 Å². The molecule has 4 heteroatoms. The van der Waals surface area contributed by atoms with Gasteiger partial charge in [-0.3, -0.25) is 4.79 Å². The summed E-state index contributed by atoms with van der Waals surface area (Å²) in [5.41, 5.74) is 0.304. The molecule has 0 spiro atoms. The Morgan fingerprint density at radius 3 is 2.94 bits per heavy atom. The number of methoxy groups -OCH3 is 1. The minimum Gasteiger partial charge on any atom is -0.507 e.